The van der Waals surface area contributed by atoms with Gasteiger partial charge >= 0.3 is 0 Å². The Morgan fingerprint density at radius 2 is 1.80 bits per heavy atom. The van der Waals surface area contributed by atoms with Gasteiger partial charge in [0.1, 0.15) is 0 Å². The van der Waals surface area contributed by atoms with E-state index in [1.807, 2.05) is 6.07 Å². The monoisotopic (exact) mass is 519 g/mol. The number of carbonyl (C=O) groups is 1. The van der Waals surface area contributed by atoms with Gasteiger partial charge in [-0.25, -0.2) is 21.6 Å². The number of anilines is 2. The summed E-state index contributed by atoms with van der Waals surface area (Å²) in [4.78, 5) is 15.5. The lowest BCUT2D eigenvalue weighted by Gasteiger charge is -2.25. The van der Waals surface area contributed by atoms with Crippen LogP contribution in [0.5, 0.6) is 0 Å². The average molecular weight is 520 g/mol. The van der Waals surface area contributed by atoms with Crippen LogP contribution in [0.15, 0.2) is 47.4 Å². The molecule has 1 aliphatic heterocycles. The Hall–Kier alpha value is -2.43. The van der Waals surface area contributed by atoms with E-state index in [9.17, 15) is 21.6 Å². The molecule has 1 amide bonds. The van der Waals surface area contributed by atoms with Crippen LogP contribution in [0.2, 0.25) is 0 Å². The van der Waals surface area contributed by atoms with E-state index in [2.05, 4.69) is 16.4 Å². The van der Waals surface area contributed by atoms with E-state index >= 15 is 0 Å². The summed E-state index contributed by atoms with van der Waals surface area (Å²) in [6.45, 7) is 7.94. The summed E-state index contributed by atoms with van der Waals surface area (Å²) >= 11 is 0. The fourth-order valence-electron chi connectivity index (χ4n) is 5.32. The van der Waals surface area contributed by atoms with Crippen molar-refractivity contribution in [3.8, 4) is 0 Å². The molecule has 8 nitrogen and oxygen atoms in total. The van der Waals surface area contributed by atoms with Gasteiger partial charge in [0.15, 0.2) is 0 Å². The maximum Gasteiger partial charge on any atom is 0.258 e. The van der Waals surface area contributed by atoms with Gasteiger partial charge in [-0.3, -0.25) is 9.52 Å². The Labute approximate surface area is 208 Å². The maximum atomic E-state index is 13.7. The van der Waals surface area contributed by atoms with Gasteiger partial charge in [-0.2, -0.15) is 0 Å². The van der Waals surface area contributed by atoms with Crippen LogP contribution in [-0.4, -0.2) is 41.1 Å². The van der Waals surface area contributed by atoms with Crippen LogP contribution in [0.1, 0.15) is 62.9 Å². The number of hydrogen-bond acceptors (Lipinski definition) is 5. The zero-order valence-corrected chi connectivity index (χ0v) is 22.4. The molecule has 2 unspecified atom stereocenters. The predicted molar refractivity (Wildman–Crippen MR) is 138 cm³/mol. The highest BCUT2D eigenvalue weighted by atomic mass is 32.2. The van der Waals surface area contributed by atoms with Crippen molar-refractivity contribution < 1.29 is 21.6 Å². The van der Waals surface area contributed by atoms with Crippen molar-refractivity contribution in [2.45, 2.75) is 62.8 Å². The minimum absolute atomic E-state index is 0.0367. The van der Waals surface area contributed by atoms with Crippen molar-refractivity contribution in [2.24, 2.45) is 5.92 Å². The van der Waals surface area contributed by atoms with Crippen molar-refractivity contribution in [2.75, 3.05) is 22.4 Å². The van der Waals surface area contributed by atoms with E-state index in [1.54, 1.807) is 49.9 Å². The fraction of sp³-hybridized carbons (Fsp3) is 0.480. The summed E-state index contributed by atoms with van der Waals surface area (Å²) in [5, 5.41) is 0. The minimum Gasteiger partial charge on any atom is -0.307 e. The van der Waals surface area contributed by atoms with Crippen molar-refractivity contribution in [1.82, 2.24) is 4.72 Å². The molecule has 2 aromatic rings. The summed E-state index contributed by atoms with van der Waals surface area (Å²) in [5.41, 5.74) is 1.55. The first-order valence-electron chi connectivity index (χ1n) is 11.7. The summed E-state index contributed by atoms with van der Waals surface area (Å²) < 4.78 is 54.4. The zero-order chi connectivity index (χ0) is 25.8. The third kappa shape index (κ3) is 5.39. The maximum absolute atomic E-state index is 13.7. The Balaban J connectivity index is 1.72. The van der Waals surface area contributed by atoms with E-state index in [-0.39, 0.29) is 21.8 Å². The van der Waals surface area contributed by atoms with Gasteiger partial charge in [-0.05, 0) is 87.9 Å². The lowest BCUT2D eigenvalue weighted by molar-refractivity contribution is 0.0984. The quantitative estimate of drug-likeness (QED) is 0.623. The Morgan fingerprint density at radius 3 is 2.40 bits per heavy atom. The molecule has 1 saturated carbocycles. The lowest BCUT2D eigenvalue weighted by Crippen LogP contribution is -2.40. The molecule has 4 rings (SSSR count). The number of carbonyl (C=O) groups excluding carboxylic acids is 1. The molecule has 2 N–H and O–H groups in total. The molecule has 2 atom stereocenters. The molecule has 0 bridgehead atoms. The lowest BCUT2D eigenvalue weighted by atomic mass is 9.80. The highest BCUT2D eigenvalue weighted by molar-refractivity contribution is 7.92. The number of nitrogens with zero attached hydrogens (tertiary/aromatic N) is 1. The van der Waals surface area contributed by atoms with Crippen LogP contribution in [0.3, 0.4) is 0 Å². The Morgan fingerprint density at radius 1 is 1.09 bits per heavy atom. The largest absolute Gasteiger partial charge is 0.307 e. The standard InChI is InChI=1S/C25H33N3O5S2/c1-17-11-12-25(15-17)16-28(22-10-9-19(14-21(22)25)26-34(5,30)31)23(29)18-7-6-8-20(13-18)35(32,33)27-24(2,3)4/h6-10,13-14,17,26-27H,11-12,15-16H2,1-5H3. The molecule has 35 heavy (non-hydrogen) atoms. The molecule has 2 aromatic carbocycles. The topological polar surface area (TPSA) is 113 Å². The molecular weight excluding hydrogens is 486 g/mol. The molecule has 10 heteroatoms. The predicted octanol–water partition coefficient (Wildman–Crippen LogP) is 3.85. The van der Waals surface area contributed by atoms with Gasteiger partial charge in [0.25, 0.3) is 5.91 Å². The molecule has 1 heterocycles. The van der Waals surface area contributed by atoms with Crippen LogP contribution in [0.25, 0.3) is 0 Å². The average Bonchev–Trinajstić information content (AvgIpc) is 3.25. The first-order valence-corrected chi connectivity index (χ1v) is 15.0. The number of sulfonamides is 2. The Kier molecular flexibility index (Phi) is 6.30. The minimum atomic E-state index is -3.80. The second kappa shape index (κ2) is 8.60. The van der Waals surface area contributed by atoms with Crippen LogP contribution in [0.4, 0.5) is 11.4 Å². The third-order valence-corrected chi connectivity index (χ3v) is 8.92. The van der Waals surface area contributed by atoms with Gasteiger partial charge in [0.2, 0.25) is 20.0 Å². The molecule has 190 valence electrons. The highest BCUT2D eigenvalue weighted by Gasteiger charge is 2.48. The molecule has 1 spiro atoms. The zero-order valence-electron chi connectivity index (χ0n) is 20.8. The SMILES string of the molecule is CC1CCC2(C1)CN(C(=O)c1cccc(S(=O)(=O)NC(C)(C)C)c1)c1ccc(NS(C)(=O)=O)cc12. The molecule has 0 saturated heterocycles. The van der Waals surface area contributed by atoms with Gasteiger partial charge in [-0.15, -0.1) is 0 Å². The van der Waals surface area contributed by atoms with E-state index in [1.165, 1.54) is 12.1 Å². The van der Waals surface area contributed by atoms with Crippen molar-refractivity contribution in [1.29, 1.82) is 0 Å². The smallest absolute Gasteiger partial charge is 0.258 e. The first-order chi connectivity index (χ1) is 16.1. The van der Waals surface area contributed by atoms with Gasteiger partial charge < -0.3 is 4.90 Å². The second-order valence-electron chi connectivity index (χ2n) is 11.0. The van der Waals surface area contributed by atoms with E-state index in [0.29, 0.717) is 18.2 Å². The summed E-state index contributed by atoms with van der Waals surface area (Å²) in [6.07, 6.45) is 3.93. The van der Waals surface area contributed by atoms with Crippen LogP contribution < -0.4 is 14.3 Å². The molecule has 0 radical (unpaired) electrons. The number of fused-ring (bicyclic) bond motifs is 2. The number of benzene rings is 2. The number of rotatable bonds is 5. The van der Waals surface area contributed by atoms with Gasteiger partial charge in [0.05, 0.1) is 11.2 Å². The summed E-state index contributed by atoms with van der Waals surface area (Å²) in [5.74, 6) is 0.209. The normalized spacial score (nSPS) is 22.4. The van der Waals surface area contributed by atoms with Crippen molar-refractivity contribution >= 4 is 37.3 Å². The van der Waals surface area contributed by atoms with Crippen LogP contribution in [0, 0.1) is 5.92 Å². The fourth-order valence-corrected chi connectivity index (χ4v) is 7.34. The summed E-state index contributed by atoms with van der Waals surface area (Å²) in [7, 11) is -7.23. The number of nitrogens with one attached hydrogen (secondary N) is 2. The van der Waals surface area contributed by atoms with Crippen LogP contribution >= 0.6 is 0 Å². The highest BCUT2D eigenvalue weighted by Crippen LogP contribution is 2.53. The second-order valence-corrected chi connectivity index (χ2v) is 14.4. The molecule has 1 fully saturated rings. The number of amides is 1. The number of hydrogen-bond donors (Lipinski definition) is 2. The van der Waals surface area contributed by atoms with E-state index in [4.69, 9.17) is 0 Å². The van der Waals surface area contributed by atoms with Crippen molar-refractivity contribution in [3.05, 3.63) is 53.6 Å². The van der Waals surface area contributed by atoms with Gasteiger partial charge in [0, 0.05) is 34.4 Å². The van der Waals surface area contributed by atoms with Crippen LogP contribution in [-0.2, 0) is 25.5 Å². The first kappa shape index (κ1) is 25.7. The van der Waals surface area contributed by atoms with E-state index in [0.717, 1.165) is 36.8 Å². The molecular formula is C25H33N3O5S2. The Bertz CT molecular complexity index is 1380. The molecule has 1 aliphatic carbocycles. The summed E-state index contributed by atoms with van der Waals surface area (Å²) in [6, 6.07) is 11.4. The van der Waals surface area contributed by atoms with Gasteiger partial charge in [-0.1, -0.05) is 13.0 Å². The molecule has 0 aromatic heterocycles. The van der Waals surface area contributed by atoms with Crippen molar-refractivity contribution in [3.63, 3.8) is 0 Å². The third-order valence-electron chi connectivity index (χ3n) is 6.55. The molecule has 2 aliphatic rings. The van der Waals surface area contributed by atoms with E-state index < -0.39 is 25.6 Å².